The molecule has 1 atom stereocenters. The summed E-state index contributed by atoms with van der Waals surface area (Å²) in [6.07, 6.45) is 6.70. The predicted molar refractivity (Wildman–Crippen MR) is 146 cm³/mol. The molecule has 4 aromatic rings. The molecule has 2 amide bonds. The van der Waals surface area contributed by atoms with Crippen LogP contribution in [0.3, 0.4) is 0 Å². The number of anilines is 1. The first-order chi connectivity index (χ1) is 18.1. The van der Waals surface area contributed by atoms with Crippen LogP contribution >= 0.6 is 11.3 Å². The van der Waals surface area contributed by atoms with Crippen molar-refractivity contribution < 1.29 is 14.3 Å². The zero-order valence-electron chi connectivity index (χ0n) is 20.8. The molecular weight excluding hydrogens is 482 g/mol. The summed E-state index contributed by atoms with van der Waals surface area (Å²) in [5.41, 5.74) is 5.78. The van der Waals surface area contributed by atoms with E-state index in [0.717, 1.165) is 24.1 Å². The maximum Gasteiger partial charge on any atom is 0.338 e. The lowest BCUT2D eigenvalue weighted by atomic mass is 9.95. The zero-order valence-corrected chi connectivity index (χ0v) is 21.6. The molecule has 1 aliphatic heterocycles. The van der Waals surface area contributed by atoms with Crippen molar-refractivity contribution in [3.05, 3.63) is 106 Å². The standard InChI is InChI=1S/C30H29N3O3S/c1-2-36-29(34)21-12-8-13-22(18-21)31-30(35)33-19-24-23-14-6-7-16-26(23)37-28(24)32-17-9-15-25(32)27(33)20-10-4-3-5-11-20/h3-5,8-13,15,17-18,27H,2,6-7,14,16,19H2,1H3,(H,31,35). The molecule has 0 saturated heterocycles. The molecule has 2 aliphatic rings. The molecule has 188 valence electrons. The molecule has 1 unspecified atom stereocenters. The van der Waals surface area contributed by atoms with Crippen LogP contribution in [-0.2, 0) is 24.1 Å². The summed E-state index contributed by atoms with van der Waals surface area (Å²) in [4.78, 5) is 29.7. The number of benzene rings is 2. The molecule has 2 aromatic carbocycles. The van der Waals surface area contributed by atoms with Crippen LogP contribution < -0.4 is 5.32 Å². The number of carbonyl (C=O) groups is 2. The summed E-state index contributed by atoms with van der Waals surface area (Å²) in [6, 6.07) is 20.9. The molecule has 2 aromatic heterocycles. The third-order valence-corrected chi connectivity index (χ3v) is 8.51. The number of aromatic nitrogens is 1. The third-order valence-electron chi connectivity index (χ3n) is 7.18. The Morgan fingerprint density at radius 2 is 1.84 bits per heavy atom. The molecular formula is C30H29N3O3S. The normalized spacial score (nSPS) is 16.2. The van der Waals surface area contributed by atoms with E-state index in [-0.39, 0.29) is 12.1 Å². The number of nitrogens with zero attached hydrogens (tertiary/aromatic N) is 2. The summed E-state index contributed by atoms with van der Waals surface area (Å²) in [7, 11) is 0. The second-order valence-electron chi connectivity index (χ2n) is 9.47. The second-order valence-corrected chi connectivity index (χ2v) is 10.6. The number of thiophene rings is 1. The maximum absolute atomic E-state index is 14.0. The molecule has 1 aliphatic carbocycles. The van der Waals surface area contributed by atoms with Gasteiger partial charge in [0.05, 0.1) is 30.5 Å². The van der Waals surface area contributed by atoms with Gasteiger partial charge >= 0.3 is 12.0 Å². The minimum atomic E-state index is -0.400. The summed E-state index contributed by atoms with van der Waals surface area (Å²) in [6.45, 7) is 2.60. The van der Waals surface area contributed by atoms with Crippen molar-refractivity contribution in [2.45, 2.75) is 45.2 Å². The summed E-state index contributed by atoms with van der Waals surface area (Å²) >= 11 is 1.88. The minimum absolute atomic E-state index is 0.203. The van der Waals surface area contributed by atoms with Crippen LogP contribution in [0, 0.1) is 0 Å². The van der Waals surface area contributed by atoms with Crippen LogP contribution in [0.2, 0.25) is 0 Å². The number of ether oxygens (including phenoxy) is 1. The summed E-state index contributed by atoms with van der Waals surface area (Å²) in [5.74, 6) is -0.400. The first kappa shape index (κ1) is 23.6. The lowest BCUT2D eigenvalue weighted by Gasteiger charge is -2.31. The van der Waals surface area contributed by atoms with Crippen LogP contribution in [0.25, 0.3) is 5.00 Å². The van der Waals surface area contributed by atoms with Crippen molar-refractivity contribution in [1.29, 1.82) is 0 Å². The van der Waals surface area contributed by atoms with Crippen molar-refractivity contribution in [2.75, 3.05) is 11.9 Å². The van der Waals surface area contributed by atoms with Gasteiger partial charge in [-0.1, -0.05) is 36.4 Å². The second kappa shape index (κ2) is 9.90. The van der Waals surface area contributed by atoms with Crippen LogP contribution in [0.5, 0.6) is 0 Å². The van der Waals surface area contributed by atoms with Crippen molar-refractivity contribution in [2.24, 2.45) is 0 Å². The number of hydrogen-bond acceptors (Lipinski definition) is 4. The summed E-state index contributed by atoms with van der Waals surface area (Å²) < 4.78 is 7.43. The molecule has 7 heteroatoms. The fourth-order valence-electron chi connectivity index (χ4n) is 5.51. The number of urea groups is 1. The van der Waals surface area contributed by atoms with Crippen LogP contribution in [-0.4, -0.2) is 28.1 Å². The van der Waals surface area contributed by atoms with E-state index in [9.17, 15) is 9.59 Å². The van der Waals surface area contributed by atoms with Crippen molar-refractivity contribution in [1.82, 2.24) is 9.47 Å². The molecule has 0 bridgehead atoms. The van der Waals surface area contributed by atoms with E-state index in [1.807, 2.05) is 34.4 Å². The first-order valence-electron chi connectivity index (χ1n) is 12.8. The number of hydrogen-bond donors (Lipinski definition) is 1. The van der Waals surface area contributed by atoms with E-state index in [0.29, 0.717) is 24.4 Å². The fraction of sp³-hybridized carbons (Fsp3) is 0.267. The van der Waals surface area contributed by atoms with Gasteiger partial charge in [-0.25, -0.2) is 9.59 Å². The number of amides is 2. The lowest BCUT2D eigenvalue weighted by Crippen LogP contribution is -2.38. The number of esters is 1. The van der Waals surface area contributed by atoms with E-state index >= 15 is 0 Å². The Morgan fingerprint density at radius 1 is 1.00 bits per heavy atom. The number of fused-ring (bicyclic) bond motifs is 5. The van der Waals surface area contributed by atoms with Crippen LogP contribution in [0.1, 0.15) is 63.4 Å². The van der Waals surface area contributed by atoms with Gasteiger partial charge in [0.2, 0.25) is 0 Å². The molecule has 3 heterocycles. The smallest absolute Gasteiger partial charge is 0.338 e. The van der Waals surface area contributed by atoms with Crippen LogP contribution in [0.15, 0.2) is 72.9 Å². The van der Waals surface area contributed by atoms with E-state index in [1.165, 1.54) is 33.8 Å². The molecule has 0 spiro atoms. The van der Waals surface area contributed by atoms with E-state index in [4.69, 9.17) is 4.74 Å². The Morgan fingerprint density at radius 3 is 2.68 bits per heavy atom. The van der Waals surface area contributed by atoms with E-state index < -0.39 is 5.97 Å². The van der Waals surface area contributed by atoms with Gasteiger partial charge in [-0.2, -0.15) is 0 Å². The fourth-order valence-corrected chi connectivity index (χ4v) is 6.91. The molecule has 37 heavy (non-hydrogen) atoms. The van der Waals surface area contributed by atoms with Gasteiger partial charge < -0.3 is 19.5 Å². The molecule has 6 rings (SSSR count). The Bertz CT molecular complexity index is 1460. The largest absolute Gasteiger partial charge is 0.462 e. The van der Waals surface area contributed by atoms with Gasteiger partial charge in [0, 0.05) is 22.3 Å². The zero-order chi connectivity index (χ0) is 25.4. The maximum atomic E-state index is 14.0. The average molecular weight is 512 g/mol. The first-order valence-corrected chi connectivity index (χ1v) is 13.7. The Balaban J connectivity index is 1.42. The van der Waals surface area contributed by atoms with Gasteiger partial charge in [0.1, 0.15) is 5.00 Å². The highest BCUT2D eigenvalue weighted by Crippen LogP contribution is 2.44. The highest BCUT2D eigenvalue weighted by molar-refractivity contribution is 7.15. The van der Waals surface area contributed by atoms with Gasteiger partial charge in [-0.15, -0.1) is 11.3 Å². The van der Waals surface area contributed by atoms with Gasteiger partial charge in [-0.3, -0.25) is 0 Å². The third kappa shape index (κ3) is 4.33. The Hall–Kier alpha value is -3.84. The molecule has 6 nitrogen and oxygen atoms in total. The minimum Gasteiger partial charge on any atom is -0.462 e. The number of nitrogens with one attached hydrogen (secondary N) is 1. The highest BCUT2D eigenvalue weighted by atomic mass is 32.1. The topological polar surface area (TPSA) is 63.6 Å². The van der Waals surface area contributed by atoms with Crippen LogP contribution in [0.4, 0.5) is 10.5 Å². The average Bonchev–Trinajstić information content (AvgIpc) is 3.51. The van der Waals surface area contributed by atoms with Crippen molar-refractivity contribution in [3.8, 4) is 5.00 Å². The van der Waals surface area contributed by atoms with Crippen molar-refractivity contribution in [3.63, 3.8) is 0 Å². The molecule has 1 N–H and O–H groups in total. The van der Waals surface area contributed by atoms with E-state index in [1.54, 1.807) is 31.2 Å². The summed E-state index contributed by atoms with van der Waals surface area (Å²) in [5, 5.41) is 4.31. The van der Waals surface area contributed by atoms with Gasteiger partial charge in [0.15, 0.2) is 0 Å². The SMILES string of the molecule is CCOC(=O)c1cccc(NC(=O)N2Cc3c(sc4c3CCCC4)-n3cccc3C2c2ccccc2)c1. The highest BCUT2D eigenvalue weighted by Gasteiger charge is 2.36. The molecule has 0 fully saturated rings. The number of aryl methyl sites for hydroxylation is 1. The quantitative estimate of drug-likeness (QED) is 0.309. The monoisotopic (exact) mass is 511 g/mol. The number of carbonyl (C=O) groups excluding carboxylic acids is 2. The van der Waals surface area contributed by atoms with E-state index in [2.05, 4.69) is 40.3 Å². The molecule has 0 saturated carbocycles. The van der Waals surface area contributed by atoms with Crippen molar-refractivity contribution >= 4 is 29.0 Å². The molecule has 0 radical (unpaired) electrons. The van der Waals surface area contributed by atoms with Gasteiger partial charge in [-0.05, 0) is 74.1 Å². The number of rotatable bonds is 4. The predicted octanol–water partition coefficient (Wildman–Crippen LogP) is 6.73. The Kier molecular flexibility index (Phi) is 6.30. The Labute approximate surface area is 220 Å². The van der Waals surface area contributed by atoms with Gasteiger partial charge in [0.25, 0.3) is 0 Å². The lowest BCUT2D eigenvalue weighted by molar-refractivity contribution is 0.0526.